The molecule has 2 aromatic heterocycles. The maximum atomic E-state index is 12.7. The molecule has 1 amide bonds. The van der Waals surface area contributed by atoms with Crippen molar-refractivity contribution < 1.29 is 19.1 Å². The summed E-state index contributed by atoms with van der Waals surface area (Å²) < 4.78 is 10.7. The third kappa shape index (κ3) is 5.23. The molecule has 1 atom stereocenters. The Morgan fingerprint density at radius 1 is 1.29 bits per heavy atom. The fourth-order valence-corrected chi connectivity index (χ4v) is 5.24. The average molecular weight is 458 g/mol. The number of amides is 1. The summed E-state index contributed by atoms with van der Waals surface area (Å²) in [4.78, 5) is 35.4. The minimum absolute atomic E-state index is 0.0269. The van der Waals surface area contributed by atoms with Gasteiger partial charge in [-0.2, -0.15) is 0 Å². The number of carbonyl (C=O) groups excluding carboxylic acids is 2. The van der Waals surface area contributed by atoms with Crippen molar-refractivity contribution in [3.8, 4) is 5.75 Å². The molecule has 4 rings (SSSR count). The van der Waals surface area contributed by atoms with Gasteiger partial charge in [0.15, 0.2) is 5.78 Å². The summed E-state index contributed by atoms with van der Waals surface area (Å²) in [6.07, 6.45) is 1.34. The molecule has 1 N–H and O–H groups in total. The van der Waals surface area contributed by atoms with Crippen molar-refractivity contribution in [2.45, 2.75) is 37.4 Å². The molecule has 1 aliphatic heterocycles. The minimum Gasteiger partial charge on any atom is -0.497 e. The highest BCUT2D eigenvalue weighted by atomic mass is 32.2. The first-order valence-corrected chi connectivity index (χ1v) is 11.8. The highest BCUT2D eigenvalue weighted by Gasteiger charge is 2.23. The Balaban J connectivity index is 1.38. The average Bonchev–Trinajstić information content (AvgIpc) is 3.47. The number of nitrogens with zero attached hydrogens (tertiary/aromatic N) is 2. The van der Waals surface area contributed by atoms with E-state index in [2.05, 4.69) is 15.3 Å². The third-order valence-corrected chi connectivity index (χ3v) is 7.03. The molecule has 1 fully saturated rings. The molecular formula is C22H23N3O4S2. The maximum Gasteiger partial charge on any atom is 0.249 e. The molecule has 3 heterocycles. The maximum absolute atomic E-state index is 12.7. The number of nitrogens with one attached hydrogen (secondary N) is 1. The van der Waals surface area contributed by atoms with Gasteiger partial charge in [-0.05, 0) is 50.1 Å². The number of aromatic nitrogens is 2. The molecule has 1 aromatic carbocycles. The van der Waals surface area contributed by atoms with Crippen molar-refractivity contribution >= 4 is 45.7 Å². The number of thiophene rings is 1. The Morgan fingerprint density at radius 3 is 2.94 bits per heavy atom. The van der Waals surface area contributed by atoms with Crippen molar-refractivity contribution in [2.75, 3.05) is 19.5 Å². The van der Waals surface area contributed by atoms with E-state index in [-0.39, 0.29) is 23.5 Å². The molecule has 3 aromatic rings. The Labute approximate surface area is 188 Å². The molecule has 7 nitrogen and oxygen atoms in total. The number of rotatable bonds is 8. The van der Waals surface area contributed by atoms with E-state index in [1.165, 1.54) is 23.1 Å². The van der Waals surface area contributed by atoms with E-state index in [1.807, 2.05) is 37.3 Å². The van der Waals surface area contributed by atoms with Crippen LogP contribution < -0.4 is 10.1 Å². The topological polar surface area (TPSA) is 90.4 Å². The van der Waals surface area contributed by atoms with Crippen molar-refractivity contribution in [3.05, 3.63) is 45.9 Å². The van der Waals surface area contributed by atoms with Crippen molar-refractivity contribution in [2.24, 2.45) is 0 Å². The van der Waals surface area contributed by atoms with E-state index in [9.17, 15) is 9.59 Å². The normalized spacial score (nSPS) is 15.9. The van der Waals surface area contributed by atoms with Gasteiger partial charge in [0.05, 0.1) is 29.8 Å². The number of carbonyl (C=O) groups is 2. The van der Waals surface area contributed by atoms with E-state index in [1.54, 1.807) is 7.11 Å². The summed E-state index contributed by atoms with van der Waals surface area (Å²) in [5.41, 5.74) is 0.823. The van der Waals surface area contributed by atoms with Crippen LogP contribution in [0, 0.1) is 6.92 Å². The highest BCUT2D eigenvalue weighted by Crippen LogP contribution is 2.29. The largest absolute Gasteiger partial charge is 0.497 e. The fourth-order valence-electron chi connectivity index (χ4n) is 3.33. The molecule has 162 valence electrons. The monoisotopic (exact) mass is 457 g/mol. The van der Waals surface area contributed by atoms with Crippen molar-refractivity contribution in [1.82, 2.24) is 15.3 Å². The lowest BCUT2D eigenvalue weighted by Crippen LogP contribution is -2.33. The number of thioether (sulfide) groups is 1. The van der Waals surface area contributed by atoms with Gasteiger partial charge in [0.2, 0.25) is 5.91 Å². The third-order valence-electron chi connectivity index (χ3n) is 4.92. The van der Waals surface area contributed by atoms with E-state index in [0.29, 0.717) is 23.9 Å². The molecule has 0 radical (unpaired) electrons. The lowest BCUT2D eigenvalue weighted by atomic mass is 10.2. The smallest absolute Gasteiger partial charge is 0.249 e. The van der Waals surface area contributed by atoms with Crippen LogP contribution in [0.3, 0.4) is 0 Å². The number of aryl methyl sites for hydroxylation is 1. The SMILES string of the molecule is COc1ccc2nc(C)nc(SCC(=O)c3ccc(CNC(=O)C4CCCO4)s3)c2c1. The quantitative estimate of drug-likeness (QED) is 0.313. The van der Waals surface area contributed by atoms with Crippen LogP contribution in [-0.2, 0) is 16.1 Å². The van der Waals surface area contributed by atoms with Crippen LogP contribution in [0.4, 0.5) is 0 Å². The predicted molar refractivity (Wildman–Crippen MR) is 121 cm³/mol. The van der Waals surface area contributed by atoms with Crippen LogP contribution in [-0.4, -0.2) is 47.2 Å². The zero-order valence-corrected chi connectivity index (χ0v) is 19.0. The van der Waals surface area contributed by atoms with Gasteiger partial charge < -0.3 is 14.8 Å². The number of benzene rings is 1. The molecule has 1 saturated heterocycles. The summed E-state index contributed by atoms with van der Waals surface area (Å²) in [7, 11) is 1.62. The van der Waals surface area contributed by atoms with Gasteiger partial charge >= 0.3 is 0 Å². The molecular weight excluding hydrogens is 434 g/mol. The summed E-state index contributed by atoms with van der Waals surface area (Å²) in [5.74, 6) is 1.59. The van der Waals surface area contributed by atoms with Crippen LogP contribution in [0.2, 0.25) is 0 Å². The van der Waals surface area contributed by atoms with Crippen LogP contribution in [0.1, 0.15) is 33.2 Å². The van der Waals surface area contributed by atoms with Crippen molar-refractivity contribution in [3.63, 3.8) is 0 Å². The molecule has 31 heavy (non-hydrogen) atoms. The molecule has 0 spiro atoms. The number of hydrogen-bond acceptors (Lipinski definition) is 8. The second-order valence-corrected chi connectivity index (χ2v) is 9.29. The van der Waals surface area contributed by atoms with Gasteiger partial charge in [-0.3, -0.25) is 9.59 Å². The zero-order valence-electron chi connectivity index (χ0n) is 17.3. The first-order valence-electron chi connectivity index (χ1n) is 10.00. The Kier molecular flexibility index (Phi) is 6.84. The molecule has 1 aliphatic rings. The van der Waals surface area contributed by atoms with Crippen LogP contribution in [0.5, 0.6) is 5.75 Å². The lowest BCUT2D eigenvalue weighted by molar-refractivity contribution is -0.130. The van der Waals surface area contributed by atoms with Gasteiger partial charge in [-0.1, -0.05) is 11.8 Å². The summed E-state index contributed by atoms with van der Waals surface area (Å²) in [6.45, 7) is 2.88. The molecule has 0 aliphatic carbocycles. The number of methoxy groups -OCH3 is 1. The highest BCUT2D eigenvalue weighted by molar-refractivity contribution is 8.00. The van der Waals surface area contributed by atoms with Crippen molar-refractivity contribution in [1.29, 1.82) is 0 Å². The number of ether oxygens (including phenoxy) is 2. The van der Waals surface area contributed by atoms with E-state index in [0.717, 1.165) is 39.4 Å². The van der Waals surface area contributed by atoms with Gasteiger partial charge in [0.25, 0.3) is 0 Å². The number of ketones is 1. The first kappa shape index (κ1) is 21.7. The summed E-state index contributed by atoms with van der Waals surface area (Å²) >= 11 is 2.80. The summed E-state index contributed by atoms with van der Waals surface area (Å²) in [5, 5.41) is 4.52. The van der Waals surface area contributed by atoms with Gasteiger partial charge in [0, 0.05) is 16.9 Å². The van der Waals surface area contributed by atoms with Crippen LogP contribution in [0.25, 0.3) is 10.9 Å². The minimum atomic E-state index is -0.345. The van der Waals surface area contributed by atoms with Crippen LogP contribution in [0.15, 0.2) is 35.4 Å². The van der Waals surface area contributed by atoms with E-state index >= 15 is 0 Å². The molecule has 0 bridgehead atoms. The standard InChI is InChI=1S/C22H23N3O4S2/c1-13-24-17-7-5-14(28-2)10-16(17)22(25-13)30-12-18(26)20-8-6-15(31-20)11-23-21(27)19-4-3-9-29-19/h5-8,10,19H,3-4,9,11-12H2,1-2H3,(H,23,27). The first-order chi connectivity index (χ1) is 15.0. The molecule has 9 heteroatoms. The predicted octanol–water partition coefficient (Wildman–Crippen LogP) is 3.78. The second-order valence-electron chi connectivity index (χ2n) is 7.16. The lowest BCUT2D eigenvalue weighted by Gasteiger charge is -2.09. The molecule has 1 unspecified atom stereocenters. The number of fused-ring (bicyclic) bond motifs is 1. The zero-order chi connectivity index (χ0) is 21.8. The summed E-state index contributed by atoms with van der Waals surface area (Å²) in [6, 6.07) is 9.34. The van der Waals surface area contributed by atoms with E-state index < -0.39 is 0 Å². The van der Waals surface area contributed by atoms with Gasteiger partial charge in [0.1, 0.15) is 22.7 Å². The Hall–Kier alpha value is -2.49. The fraction of sp³-hybridized carbons (Fsp3) is 0.364. The molecule has 0 saturated carbocycles. The Bertz CT molecular complexity index is 1110. The van der Waals surface area contributed by atoms with Crippen LogP contribution >= 0.6 is 23.1 Å². The Morgan fingerprint density at radius 2 is 2.16 bits per heavy atom. The number of Topliss-reactive ketones (excluding diaryl/α,β-unsaturated/α-hetero) is 1. The van der Waals surface area contributed by atoms with E-state index in [4.69, 9.17) is 9.47 Å². The second kappa shape index (κ2) is 9.76. The van der Waals surface area contributed by atoms with Gasteiger partial charge in [-0.15, -0.1) is 11.3 Å². The number of hydrogen-bond donors (Lipinski definition) is 1. The van der Waals surface area contributed by atoms with Gasteiger partial charge in [-0.25, -0.2) is 9.97 Å².